The first-order valence-corrected chi connectivity index (χ1v) is 7.02. The van der Waals surface area contributed by atoms with Gasteiger partial charge in [0.15, 0.2) is 11.6 Å². The summed E-state index contributed by atoms with van der Waals surface area (Å²) in [5.74, 6) is -3.53. The van der Waals surface area contributed by atoms with E-state index in [1.807, 2.05) is 6.92 Å². The molecule has 0 spiro atoms. The van der Waals surface area contributed by atoms with Crippen LogP contribution in [0, 0.1) is 17.6 Å². The molecule has 0 fully saturated rings. The number of anilines is 1. The van der Waals surface area contributed by atoms with Gasteiger partial charge >= 0.3 is 0 Å². The van der Waals surface area contributed by atoms with Gasteiger partial charge in [0, 0.05) is 17.9 Å². The number of carbonyl (C=O) groups excluding carboxylic acids is 2. The lowest BCUT2D eigenvalue weighted by Crippen LogP contribution is -2.34. The number of ketones is 1. The molecule has 1 unspecified atom stereocenters. The number of halogens is 3. The number of rotatable bonds is 4. The van der Waals surface area contributed by atoms with Gasteiger partial charge in [-0.25, -0.2) is 8.78 Å². The summed E-state index contributed by atoms with van der Waals surface area (Å²) < 4.78 is 26.4. The van der Waals surface area contributed by atoms with Gasteiger partial charge in [0.2, 0.25) is 0 Å². The lowest BCUT2D eigenvalue weighted by Gasteiger charge is -2.21. The van der Waals surface area contributed by atoms with Crippen molar-refractivity contribution in [1.29, 1.82) is 0 Å². The minimum absolute atomic E-state index is 0.0617. The predicted molar refractivity (Wildman–Crippen MR) is 70.6 cm³/mol. The maximum atomic E-state index is 13.3. The molecule has 6 heteroatoms. The molecule has 1 heterocycles. The first-order valence-electron chi connectivity index (χ1n) is 5.90. The van der Waals surface area contributed by atoms with Crippen LogP contribution in [-0.4, -0.2) is 23.6 Å². The number of Topliss-reactive ketones (excluding diaryl/α,β-unsaturated/α-hetero) is 1. The number of amides is 1. The topological polar surface area (TPSA) is 37.4 Å². The Hall–Kier alpha value is -1.30. The molecule has 19 heavy (non-hydrogen) atoms. The second-order valence-corrected chi connectivity index (χ2v) is 5.10. The molecule has 1 aromatic rings. The van der Waals surface area contributed by atoms with Gasteiger partial charge in [-0.15, -0.1) is 0 Å². The van der Waals surface area contributed by atoms with E-state index >= 15 is 0 Å². The molecule has 1 amide bonds. The first-order chi connectivity index (χ1) is 8.99. The Kier molecular flexibility index (Phi) is 3.99. The minimum atomic E-state index is -1.12. The van der Waals surface area contributed by atoms with Crippen molar-refractivity contribution in [3.63, 3.8) is 0 Å². The largest absolute Gasteiger partial charge is 0.304 e. The van der Waals surface area contributed by atoms with Crippen molar-refractivity contribution in [1.82, 2.24) is 0 Å². The molecule has 1 atom stereocenters. The Bertz CT molecular complexity index is 544. The van der Waals surface area contributed by atoms with Crippen molar-refractivity contribution in [2.75, 3.05) is 16.8 Å². The highest BCUT2D eigenvalue weighted by molar-refractivity contribution is 9.09. The third-order valence-corrected chi connectivity index (χ3v) is 4.17. The third kappa shape index (κ3) is 2.41. The molecule has 0 bridgehead atoms. The molecule has 2 rings (SSSR count). The fraction of sp³-hybridized carbons (Fsp3) is 0.385. The number of hydrogen-bond acceptors (Lipinski definition) is 2. The van der Waals surface area contributed by atoms with E-state index in [0.717, 1.165) is 18.6 Å². The third-order valence-electron chi connectivity index (χ3n) is 3.25. The predicted octanol–water partition coefficient (Wildman–Crippen LogP) is 2.92. The van der Waals surface area contributed by atoms with Gasteiger partial charge in [-0.2, -0.15) is 0 Å². The van der Waals surface area contributed by atoms with E-state index in [2.05, 4.69) is 15.9 Å². The number of alkyl halides is 1. The first kappa shape index (κ1) is 14.1. The van der Waals surface area contributed by atoms with Crippen LogP contribution in [0.4, 0.5) is 14.5 Å². The van der Waals surface area contributed by atoms with E-state index in [4.69, 9.17) is 0 Å². The molecular weight excluding hydrogens is 320 g/mol. The normalized spacial score (nSPS) is 15.9. The number of benzene rings is 1. The Balaban J connectivity index is 2.41. The molecule has 0 radical (unpaired) electrons. The van der Waals surface area contributed by atoms with Crippen molar-refractivity contribution in [2.45, 2.75) is 13.3 Å². The van der Waals surface area contributed by atoms with E-state index in [0.29, 0.717) is 11.9 Å². The number of fused-ring (bicyclic) bond motifs is 1. The lowest BCUT2D eigenvalue weighted by molar-refractivity contribution is -0.114. The number of carbonyl (C=O) groups is 2. The van der Waals surface area contributed by atoms with E-state index in [9.17, 15) is 18.4 Å². The molecule has 0 aliphatic carbocycles. The Morgan fingerprint density at radius 1 is 1.26 bits per heavy atom. The summed E-state index contributed by atoms with van der Waals surface area (Å²) in [5, 5.41) is 0.667. The van der Waals surface area contributed by atoms with Gasteiger partial charge in [-0.1, -0.05) is 29.3 Å². The smallest absolute Gasteiger partial charge is 0.299 e. The van der Waals surface area contributed by atoms with Gasteiger partial charge in [0.05, 0.1) is 11.3 Å². The van der Waals surface area contributed by atoms with E-state index in [1.165, 1.54) is 4.90 Å². The highest BCUT2D eigenvalue weighted by atomic mass is 79.9. The molecule has 1 aliphatic rings. The van der Waals surface area contributed by atoms with E-state index in [-0.39, 0.29) is 17.2 Å². The van der Waals surface area contributed by atoms with Crippen molar-refractivity contribution >= 4 is 33.3 Å². The maximum absolute atomic E-state index is 13.3. The molecule has 0 saturated heterocycles. The second-order valence-electron chi connectivity index (χ2n) is 4.46. The monoisotopic (exact) mass is 331 g/mol. The summed E-state index contributed by atoms with van der Waals surface area (Å²) in [7, 11) is 0. The summed E-state index contributed by atoms with van der Waals surface area (Å²) in [4.78, 5) is 24.8. The van der Waals surface area contributed by atoms with Gasteiger partial charge in [0.1, 0.15) is 0 Å². The zero-order chi connectivity index (χ0) is 14.2. The van der Waals surface area contributed by atoms with Crippen LogP contribution in [0.2, 0.25) is 0 Å². The van der Waals surface area contributed by atoms with Crippen LogP contribution in [0.1, 0.15) is 23.7 Å². The van der Waals surface area contributed by atoms with Crippen LogP contribution in [0.25, 0.3) is 0 Å². The zero-order valence-electron chi connectivity index (χ0n) is 10.3. The Labute approximate surface area is 117 Å². The average Bonchev–Trinajstić information content (AvgIpc) is 2.61. The van der Waals surface area contributed by atoms with Gasteiger partial charge in [-0.3, -0.25) is 9.59 Å². The second kappa shape index (κ2) is 5.36. The summed E-state index contributed by atoms with van der Waals surface area (Å²) >= 11 is 3.33. The summed E-state index contributed by atoms with van der Waals surface area (Å²) in [5.41, 5.74) is 0.0987. The molecule has 1 aliphatic heterocycles. The van der Waals surface area contributed by atoms with Crippen LogP contribution in [0.5, 0.6) is 0 Å². The van der Waals surface area contributed by atoms with Crippen LogP contribution in [0.3, 0.4) is 0 Å². The van der Waals surface area contributed by atoms with Gasteiger partial charge in [-0.05, 0) is 12.0 Å². The van der Waals surface area contributed by atoms with Crippen molar-refractivity contribution in [3.05, 3.63) is 29.3 Å². The highest BCUT2D eigenvalue weighted by Crippen LogP contribution is 2.32. The molecule has 3 nitrogen and oxygen atoms in total. The van der Waals surface area contributed by atoms with E-state index in [1.54, 1.807) is 0 Å². The molecular formula is C13H12BrF2NO2. The molecule has 0 N–H and O–H groups in total. The number of hydrogen-bond donors (Lipinski definition) is 0. The van der Waals surface area contributed by atoms with Crippen LogP contribution >= 0.6 is 15.9 Å². The summed E-state index contributed by atoms with van der Waals surface area (Å²) in [6.07, 6.45) is 0.808. The highest BCUT2D eigenvalue weighted by Gasteiger charge is 2.37. The molecule has 102 valence electrons. The van der Waals surface area contributed by atoms with Crippen LogP contribution in [-0.2, 0) is 4.79 Å². The van der Waals surface area contributed by atoms with Crippen molar-refractivity contribution in [2.24, 2.45) is 5.92 Å². The Morgan fingerprint density at radius 3 is 2.47 bits per heavy atom. The lowest BCUT2D eigenvalue weighted by atomic mass is 10.1. The summed E-state index contributed by atoms with van der Waals surface area (Å²) in [6.45, 7) is 2.27. The van der Waals surface area contributed by atoms with Crippen molar-refractivity contribution < 1.29 is 18.4 Å². The number of nitrogens with zero attached hydrogens (tertiary/aromatic N) is 1. The fourth-order valence-electron chi connectivity index (χ4n) is 2.02. The average molecular weight is 332 g/mol. The zero-order valence-corrected chi connectivity index (χ0v) is 11.8. The van der Waals surface area contributed by atoms with Gasteiger partial charge in [0.25, 0.3) is 11.7 Å². The van der Waals surface area contributed by atoms with Crippen molar-refractivity contribution in [3.8, 4) is 0 Å². The van der Waals surface area contributed by atoms with Gasteiger partial charge < -0.3 is 4.90 Å². The fourth-order valence-corrected chi connectivity index (χ4v) is 2.68. The molecule has 0 aromatic heterocycles. The quantitative estimate of drug-likeness (QED) is 0.628. The van der Waals surface area contributed by atoms with E-state index < -0.39 is 23.3 Å². The SMILES string of the molecule is CCC(CBr)CN1C(=O)C(=O)c2cc(F)c(F)cc21. The molecule has 1 aromatic carbocycles. The minimum Gasteiger partial charge on any atom is -0.304 e. The maximum Gasteiger partial charge on any atom is 0.299 e. The standard InChI is InChI=1S/C13H12BrF2NO2/c1-2-7(5-14)6-17-11-4-10(16)9(15)3-8(11)12(18)13(17)19/h3-4,7H,2,5-6H2,1H3. The van der Waals surface area contributed by atoms with Crippen LogP contribution in [0.15, 0.2) is 12.1 Å². The Morgan fingerprint density at radius 2 is 1.89 bits per heavy atom. The molecule has 0 saturated carbocycles. The van der Waals surface area contributed by atoms with Crippen LogP contribution < -0.4 is 4.90 Å². The summed E-state index contributed by atoms with van der Waals surface area (Å²) in [6, 6.07) is 1.70.